The fourth-order valence-corrected chi connectivity index (χ4v) is 3.55. The van der Waals surface area contributed by atoms with Gasteiger partial charge in [0.05, 0.1) is 36.8 Å². The average molecular weight is 371 g/mol. The molecule has 144 valence electrons. The molecule has 1 atom stereocenters. The maximum atomic E-state index is 12.7. The molecule has 0 bridgehead atoms. The molecule has 2 aliphatic rings. The van der Waals surface area contributed by atoms with Crippen LogP contribution in [0.25, 0.3) is 0 Å². The molecular formula is C18H25N7O2. The molecule has 0 aliphatic carbocycles. The van der Waals surface area contributed by atoms with Crippen molar-refractivity contribution in [3.63, 3.8) is 0 Å². The minimum Gasteiger partial charge on any atom is -0.378 e. The lowest BCUT2D eigenvalue weighted by Gasteiger charge is -2.30. The Morgan fingerprint density at radius 3 is 3.00 bits per heavy atom. The third-order valence-electron chi connectivity index (χ3n) is 4.94. The van der Waals surface area contributed by atoms with Crippen LogP contribution in [0.2, 0.25) is 0 Å². The number of nitrogens with zero attached hydrogens (tertiary/aromatic N) is 5. The van der Waals surface area contributed by atoms with E-state index in [2.05, 4.69) is 30.6 Å². The predicted octanol–water partition coefficient (Wildman–Crippen LogP) is 1.73. The van der Waals surface area contributed by atoms with E-state index < -0.39 is 0 Å². The standard InChI is InChI=1S/C18H25N7O2/c1-2-16-22-17-14(4-3-7-25(17)23-16)21-18(26)20-13-5-6-19-12-15(13)24-8-10-27-11-9-24/h5-6,12,14H,2-4,7-11H2,1H3,(H2,19,20,21,26)/t14-/m1/s1. The molecule has 0 saturated carbocycles. The van der Waals surface area contributed by atoms with E-state index in [1.807, 2.05) is 17.7 Å². The van der Waals surface area contributed by atoms with E-state index in [0.29, 0.717) is 13.2 Å². The van der Waals surface area contributed by atoms with E-state index in [4.69, 9.17) is 4.74 Å². The van der Waals surface area contributed by atoms with Crippen molar-refractivity contribution in [1.29, 1.82) is 0 Å². The third kappa shape index (κ3) is 3.87. The van der Waals surface area contributed by atoms with Crippen molar-refractivity contribution in [2.75, 3.05) is 36.5 Å². The number of hydrogen-bond acceptors (Lipinski definition) is 6. The quantitative estimate of drug-likeness (QED) is 0.850. The second-order valence-electron chi connectivity index (χ2n) is 6.75. The molecule has 0 aromatic carbocycles. The number of aryl methyl sites for hydroxylation is 2. The lowest BCUT2D eigenvalue weighted by Crippen LogP contribution is -2.38. The van der Waals surface area contributed by atoms with Gasteiger partial charge in [-0.05, 0) is 18.9 Å². The number of carbonyl (C=O) groups excluding carboxylic acids is 1. The number of anilines is 2. The van der Waals surface area contributed by atoms with E-state index in [-0.39, 0.29) is 12.1 Å². The van der Waals surface area contributed by atoms with Crippen LogP contribution in [0.4, 0.5) is 16.2 Å². The summed E-state index contributed by atoms with van der Waals surface area (Å²) in [6.45, 7) is 5.82. The van der Waals surface area contributed by atoms with Crippen LogP contribution in [0.5, 0.6) is 0 Å². The number of urea groups is 1. The second-order valence-corrected chi connectivity index (χ2v) is 6.75. The lowest BCUT2D eigenvalue weighted by molar-refractivity contribution is 0.122. The highest BCUT2D eigenvalue weighted by atomic mass is 16.5. The molecule has 4 heterocycles. The fourth-order valence-electron chi connectivity index (χ4n) is 3.55. The van der Waals surface area contributed by atoms with E-state index in [1.165, 1.54) is 0 Å². The normalized spacial score (nSPS) is 19.4. The van der Waals surface area contributed by atoms with Gasteiger partial charge in [-0.25, -0.2) is 14.5 Å². The Labute approximate surface area is 158 Å². The van der Waals surface area contributed by atoms with Gasteiger partial charge in [0.1, 0.15) is 5.82 Å². The van der Waals surface area contributed by atoms with Gasteiger partial charge in [-0.3, -0.25) is 4.98 Å². The van der Waals surface area contributed by atoms with E-state index in [0.717, 1.165) is 61.9 Å². The Hall–Kier alpha value is -2.68. The van der Waals surface area contributed by atoms with Gasteiger partial charge in [-0.15, -0.1) is 0 Å². The largest absolute Gasteiger partial charge is 0.378 e. The van der Waals surface area contributed by atoms with Gasteiger partial charge in [-0.2, -0.15) is 5.10 Å². The van der Waals surface area contributed by atoms with Crippen molar-refractivity contribution in [2.24, 2.45) is 0 Å². The Morgan fingerprint density at radius 1 is 1.33 bits per heavy atom. The number of nitrogens with one attached hydrogen (secondary N) is 2. The molecule has 2 amide bonds. The van der Waals surface area contributed by atoms with Gasteiger partial charge in [0.2, 0.25) is 0 Å². The molecule has 2 aromatic rings. The first-order chi connectivity index (χ1) is 13.2. The van der Waals surface area contributed by atoms with Crippen LogP contribution >= 0.6 is 0 Å². The monoisotopic (exact) mass is 371 g/mol. The lowest BCUT2D eigenvalue weighted by atomic mass is 10.1. The summed E-state index contributed by atoms with van der Waals surface area (Å²) in [5.74, 6) is 1.67. The van der Waals surface area contributed by atoms with Crippen LogP contribution in [0.1, 0.15) is 37.5 Å². The van der Waals surface area contributed by atoms with Gasteiger partial charge in [0.15, 0.2) is 5.82 Å². The summed E-state index contributed by atoms with van der Waals surface area (Å²) in [6.07, 6.45) is 6.09. The van der Waals surface area contributed by atoms with Crippen molar-refractivity contribution in [1.82, 2.24) is 25.1 Å². The minimum atomic E-state index is -0.241. The summed E-state index contributed by atoms with van der Waals surface area (Å²) in [6, 6.07) is 1.46. The number of carbonyl (C=O) groups is 1. The molecule has 1 fully saturated rings. The number of rotatable bonds is 4. The number of ether oxygens (including phenoxy) is 1. The van der Waals surface area contributed by atoms with Crippen molar-refractivity contribution >= 4 is 17.4 Å². The molecule has 4 rings (SSSR count). The van der Waals surface area contributed by atoms with Gasteiger partial charge in [0, 0.05) is 32.3 Å². The molecule has 27 heavy (non-hydrogen) atoms. The maximum absolute atomic E-state index is 12.7. The summed E-state index contributed by atoms with van der Waals surface area (Å²) in [5.41, 5.74) is 1.66. The molecule has 2 aliphatic heterocycles. The zero-order chi connectivity index (χ0) is 18.6. The zero-order valence-corrected chi connectivity index (χ0v) is 15.5. The van der Waals surface area contributed by atoms with Crippen molar-refractivity contribution in [3.8, 4) is 0 Å². The highest BCUT2D eigenvalue weighted by molar-refractivity contribution is 5.93. The van der Waals surface area contributed by atoms with E-state index in [9.17, 15) is 4.79 Å². The van der Waals surface area contributed by atoms with Gasteiger partial charge in [-0.1, -0.05) is 6.92 Å². The molecule has 1 saturated heterocycles. The Bertz CT molecular complexity index is 801. The number of fused-ring (bicyclic) bond motifs is 1. The summed E-state index contributed by atoms with van der Waals surface area (Å²) in [7, 11) is 0. The zero-order valence-electron chi connectivity index (χ0n) is 15.5. The van der Waals surface area contributed by atoms with Crippen LogP contribution < -0.4 is 15.5 Å². The first kappa shape index (κ1) is 17.7. The third-order valence-corrected chi connectivity index (χ3v) is 4.94. The molecule has 2 N–H and O–H groups in total. The van der Waals surface area contributed by atoms with Crippen molar-refractivity contribution < 1.29 is 9.53 Å². The first-order valence-electron chi connectivity index (χ1n) is 9.52. The van der Waals surface area contributed by atoms with Gasteiger partial charge < -0.3 is 20.3 Å². The molecule has 0 spiro atoms. The number of aromatic nitrogens is 4. The molecule has 9 heteroatoms. The molecule has 9 nitrogen and oxygen atoms in total. The van der Waals surface area contributed by atoms with Crippen molar-refractivity contribution in [2.45, 2.75) is 38.8 Å². The SMILES string of the molecule is CCc1nc2n(n1)CCC[C@H]2NC(=O)Nc1ccncc1N1CCOCC1. The number of morpholine rings is 1. The average Bonchev–Trinajstić information content (AvgIpc) is 3.14. The van der Waals surface area contributed by atoms with E-state index in [1.54, 1.807) is 12.4 Å². The Kier molecular flexibility index (Phi) is 5.19. The van der Waals surface area contributed by atoms with Crippen LogP contribution in [0, 0.1) is 0 Å². The van der Waals surface area contributed by atoms with Crippen LogP contribution in [0.3, 0.4) is 0 Å². The fraction of sp³-hybridized carbons (Fsp3) is 0.556. The smallest absolute Gasteiger partial charge is 0.319 e. The topological polar surface area (TPSA) is 97.2 Å². The molecule has 0 radical (unpaired) electrons. The Balaban J connectivity index is 1.46. The molecular weight excluding hydrogens is 346 g/mol. The summed E-state index contributed by atoms with van der Waals surface area (Å²) >= 11 is 0. The highest BCUT2D eigenvalue weighted by Gasteiger charge is 2.26. The van der Waals surface area contributed by atoms with Crippen LogP contribution in [-0.2, 0) is 17.7 Å². The van der Waals surface area contributed by atoms with Crippen LogP contribution in [0.15, 0.2) is 18.5 Å². The maximum Gasteiger partial charge on any atom is 0.319 e. The summed E-state index contributed by atoms with van der Waals surface area (Å²) < 4.78 is 7.33. The van der Waals surface area contributed by atoms with Crippen LogP contribution in [-0.4, -0.2) is 52.1 Å². The molecule has 2 aromatic heterocycles. The Morgan fingerprint density at radius 2 is 2.19 bits per heavy atom. The van der Waals surface area contributed by atoms with Crippen molar-refractivity contribution in [3.05, 3.63) is 30.1 Å². The van der Waals surface area contributed by atoms with Gasteiger partial charge in [0.25, 0.3) is 0 Å². The highest BCUT2D eigenvalue weighted by Crippen LogP contribution is 2.26. The van der Waals surface area contributed by atoms with Gasteiger partial charge >= 0.3 is 6.03 Å². The number of pyridine rings is 1. The first-order valence-corrected chi connectivity index (χ1v) is 9.52. The second kappa shape index (κ2) is 7.91. The van der Waals surface area contributed by atoms with E-state index >= 15 is 0 Å². The molecule has 0 unspecified atom stereocenters. The summed E-state index contributed by atoms with van der Waals surface area (Å²) in [4.78, 5) is 23.6. The number of amides is 2. The number of hydrogen-bond donors (Lipinski definition) is 2. The predicted molar refractivity (Wildman–Crippen MR) is 101 cm³/mol. The minimum absolute atomic E-state index is 0.125. The summed E-state index contributed by atoms with van der Waals surface area (Å²) in [5, 5.41) is 10.5.